The zero-order valence-corrected chi connectivity index (χ0v) is 31.8. The molecule has 1 heterocycles. The first-order valence-electron chi connectivity index (χ1n) is 18.6. The lowest BCUT2D eigenvalue weighted by Crippen LogP contribution is -2.37. The Labute approximate surface area is 292 Å². The lowest BCUT2D eigenvalue weighted by Gasteiger charge is -2.22. The molecule has 272 valence electrons. The molecule has 48 heavy (non-hydrogen) atoms. The number of unbranched alkanes of at least 4 members (excludes halogenated alkanes) is 12. The van der Waals surface area contributed by atoms with E-state index >= 15 is 0 Å². The minimum atomic E-state index is -3.22. The van der Waals surface area contributed by atoms with Gasteiger partial charge in [0.25, 0.3) is 0 Å². The van der Waals surface area contributed by atoms with Crippen LogP contribution in [-0.4, -0.2) is 43.4 Å². The Hall–Kier alpha value is -2.41. The van der Waals surface area contributed by atoms with E-state index in [1.54, 1.807) is 13.3 Å². The Balaban J connectivity index is 1.85. The van der Waals surface area contributed by atoms with Gasteiger partial charge in [-0.3, -0.25) is 14.3 Å². The van der Waals surface area contributed by atoms with Gasteiger partial charge in [-0.25, -0.2) is 0 Å². The fourth-order valence-corrected chi connectivity index (χ4v) is 7.82. The Bertz CT molecular complexity index is 1200. The lowest BCUT2D eigenvalue weighted by molar-refractivity contribution is -0.121. The maximum absolute atomic E-state index is 13.2. The molecule has 0 spiro atoms. The van der Waals surface area contributed by atoms with Crippen molar-refractivity contribution in [2.24, 2.45) is 0 Å². The number of nitrogens with zero attached hydrogens (tertiary/aromatic N) is 1. The van der Waals surface area contributed by atoms with Crippen molar-refractivity contribution < 1.29 is 27.9 Å². The quantitative estimate of drug-likeness (QED) is 0.0702. The van der Waals surface area contributed by atoms with Crippen molar-refractivity contribution in [2.75, 3.05) is 26.5 Å². The summed E-state index contributed by atoms with van der Waals surface area (Å²) in [7, 11) is -1.55. The van der Waals surface area contributed by atoms with Gasteiger partial charge in [-0.15, -0.1) is 0 Å². The molecule has 9 heteroatoms. The second-order valence-corrected chi connectivity index (χ2v) is 15.1. The molecule has 1 aromatic heterocycles. The van der Waals surface area contributed by atoms with E-state index < -0.39 is 7.60 Å². The van der Waals surface area contributed by atoms with E-state index in [0.717, 1.165) is 46.7 Å². The van der Waals surface area contributed by atoms with Crippen molar-refractivity contribution in [3.05, 3.63) is 52.8 Å². The van der Waals surface area contributed by atoms with Crippen LogP contribution in [0.2, 0.25) is 0 Å². The van der Waals surface area contributed by atoms with Gasteiger partial charge in [0.05, 0.1) is 32.2 Å². The molecule has 8 nitrogen and oxygen atoms in total. The van der Waals surface area contributed by atoms with Crippen LogP contribution >= 0.6 is 7.60 Å². The molecule has 1 atom stereocenters. The third-order valence-corrected chi connectivity index (χ3v) is 10.9. The first-order valence-corrected chi connectivity index (χ1v) is 20.4. The zero-order chi connectivity index (χ0) is 35.0. The fraction of sp³-hybridized carbons (Fsp3) is 0.692. The van der Waals surface area contributed by atoms with Crippen molar-refractivity contribution in [1.82, 2.24) is 10.3 Å². The largest absolute Gasteiger partial charge is 0.496 e. The summed E-state index contributed by atoms with van der Waals surface area (Å²) in [6.45, 7) is 10.8. The lowest BCUT2D eigenvalue weighted by atomic mass is 10.0. The van der Waals surface area contributed by atoms with Crippen LogP contribution in [-0.2, 0) is 31.4 Å². The number of rotatable bonds is 28. The molecule has 0 fully saturated rings. The Morgan fingerprint density at radius 1 is 0.833 bits per heavy atom. The predicted molar refractivity (Wildman–Crippen MR) is 197 cm³/mol. The summed E-state index contributed by atoms with van der Waals surface area (Å²) in [6.07, 6.45) is 20.3. The van der Waals surface area contributed by atoms with Gasteiger partial charge in [-0.1, -0.05) is 96.1 Å². The molecule has 1 aromatic carbocycles. The molecular weight excluding hydrogens is 623 g/mol. The number of hydrogen-bond acceptors (Lipinski definition) is 7. The molecule has 0 aliphatic carbocycles. The van der Waals surface area contributed by atoms with Crippen LogP contribution < -0.4 is 14.8 Å². The summed E-state index contributed by atoms with van der Waals surface area (Å²) in [4.78, 5) is 17.5. The van der Waals surface area contributed by atoms with Crippen LogP contribution in [0, 0.1) is 13.8 Å². The maximum Gasteiger partial charge on any atom is 0.330 e. The van der Waals surface area contributed by atoms with E-state index in [4.69, 9.17) is 18.5 Å². The zero-order valence-electron chi connectivity index (χ0n) is 31.0. The average Bonchev–Trinajstić information content (AvgIpc) is 3.06. The van der Waals surface area contributed by atoms with E-state index in [2.05, 4.69) is 17.2 Å². The number of methoxy groups -OCH3 is 1. The van der Waals surface area contributed by atoms with Crippen LogP contribution in [0.5, 0.6) is 11.5 Å². The molecule has 2 aromatic rings. The number of aryl methyl sites for hydroxylation is 1. The van der Waals surface area contributed by atoms with Crippen LogP contribution in [0.15, 0.2) is 30.5 Å². The van der Waals surface area contributed by atoms with Gasteiger partial charge in [0.15, 0.2) is 0 Å². The van der Waals surface area contributed by atoms with Crippen molar-refractivity contribution >= 4 is 13.5 Å². The number of pyridine rings is 1. The summed E-state index contributed by atoms with van der Waals surface area (Å²) < 4.78 is 35.8. The Morgan fingerprint density at radius 2 is 1.40 bits per heavy atom. The number of nitrogens with one attached hydrogen (secondary N) is 1. The third kappa shape index (κ3) is 16.8. The molecule has 2 rings (SSSR count). The number of amides is 1. The van der Waals surface area contributed by atoms with Crippen LogP contribution in [0.4, 0.5) is 0 Å². The minimum Gasteiger partial charge on any atom is -0.496 e. The van der Waals surface area contributed by atoms with Gasteiger partial charge in [0, 0.05) is 29.8 Å². The number of carbonyl (C=O) groups is 1. The van der Waals surface area contributed by atoms with Gasteiger partial charge in [-0.2, -0.15) is 0 Å². The maximum atomic E-state index is 13.2. The molecule has 0 saturated carbocycles. The molecule has 1 amide bonds. The Kier molecular flexibility index (Phi) is 21.5. The normalized spacial score (nSPS) is 12.2. The van der Waals surface area contributed by atoms with Crippen molar-refractivity contribution in [1.29, 1.82) is 0 Å². The van der Waals surface area contributed by atoms with E-state index in [1.165, 1.54) is 70.6 Å². The first-order chi connectivity index (χ1) is 23.2. The summed E-state index contributed by atoms with van der Waals surface area (Å²) in [5, 5.41) is 3.23. The number of benzene rings is 1. The van der Waals surface area contributed by atoms with Gasteiger partial charge in [0.2, 0.25) is 5.91 Å². The summed E-state index contributed by atoms with van der Waals surface area (Å²) in [5.74, 6) is 1.61. The van der Waals surface area contributed by atoms with Crippen molar-refractivity contribution in [3.63, 3.8) is 0 Å². The Morgan fingerprint density at radius 3 is 1.94 bits per heavy atom. The predicted octanol–water partition coefficient (Wildman–Crippen LogP) is 10.5. The van der Waals surface area contributed by atoms with E-state index in [-0.39, 0.29) is 18.1 Å². The van der Waals surface area contributed by atoms with Gasteiger partial charge in [0.1, 0.15) is 18.1 Å². The van der Waals surface area contributed by atoms with Crippen molar-refractivity contribution in [3.8, 4) is 11.5 Å². The SMILES string of the molecule is CCCCCCCCCCCCCCCC(=O)NC(CCP(=O)(OCC)OCC)Cc1ccc(OCc2ncc(C)c(OC)c2C)cc1. The first kappa shape index (κ1) is 41.8. The minimum absolute atomic E-state index is 0.0436. The number of carbonyl (C=O) groups excluding carboxylic acids is 1. The molecule has 0 bridgehead atoms. The molecule has 1 N–H and O–H groups in total. The topological polar surface area (TPSA) is 96.0 Å². The third-order valence-electron chi connectivity index (χ3n) is 8.81. The second-order valence-electron chi connectivity index (χ2n) is 12.9. The highest BCUT2D eigenvalue weighted by atomic mass is 31.2. The van der Waals surface area contributed by atoms with E-state index in [0.29, 0.717) is 39.1 Å². The highest BCUT2D eigenvalue weighted by molar-refractivity contribution is 7.53. The summed E-state index contributed by atoms with van der Waals surface area (Å²) in [6, 6.07) is 7.72. The fourth-order valence-electron chi connectivity index (χ4n) is 6.08. The van der Waals surface area contributed by atoms with Crippen LogP contribution in [0.25, 0.3) is 0 Å². The second kappa shape index (κ2) is 24.7. The van der Waals surface area contributed by atoms with Crippen molar-refractivity contribution in [2.45, 2.75) is 150 Å². The highest BCUT2D eigenvalue weighted by Gasteiger charge is 2.26. The van der Waals surface area contributed by atoms with Gasteiger partial charge in [-0.05, 0) is 64.7 Å². The molecule has 0 aliphatic rings. The smallest absolute Gasteiger partial charge is 0.330 e. The van der Waals surface area contributed by atoms with E-state index in [9.17, 15) is 9.36 Å². The molecule has 0 saturated heterocycles. The summed E-state index contributed by atoms with van der Waals surface area (Å²) in [5.41, 5.74) is 3.86. The number of aromatic nitrogens is 1. The van der Waals surface area contributed by atoms with E-state index in [1.807, 2.05) is 52.0 Å². The highest BCUT2D eigenvalue weighted by Crippen LogP contribution is 2.48. The molecule has 1 unspecified atom stereocenters. The number of hydrogen-bond donors (Lipinski definition) is 1. The summed E-state index contributed by atoms with van der Waals surface area (Å²) >= 11 is 0. The monoisotopic (exact) mass is 688 g/mol. The van der Waals surface area contributed by atoms with Gasteiger partial charge >= 0.3 is 7.60 Å². The standard InChI is InChI=1S/C39H65N2O6P/c1-7-10-11-12-13-14-15-16-17-18-19-20-21-22-38(42)41-35(27-28-48(43,46-8-2)47-9-3)29-34-23-25-36(26-24-34)45-31-37-33(5)39(44-6)32(4)30-40-37/h23-26,30,35H,7-22,27-29,31H2,1-6H3,(H,41,42). The molecule has 0 radical (unpaired) electrons. The average molecular weight is 689 g/mol. The van der Waals surface area contributed by atoms with Crippen LogP contribution in [0.3, 0.4) is 0 Å². The molecular formula is C39H65N2O6P. The molecule has 0 aliphatic heterocycles. The van der Waals surface area contributed by atoms with Crippen LogP contribution in [0.1, 0.15) is 139 Å². The van der Waals surface area contributed by atoms with Gasteiger partial charge < -0.3 is 23.8 Å². The number of ether oxygens (including phenoxy) is 2.